The molecule has 2 aromatic carbocycles. The van der Waals surface area contributed by atoms with E-state index in [4.69, 9.17) is 14.2 Å². The number of amides is 2. The highest BCUT2D eigenvalue weighted by molar-refractivity contribution is 9.10. The molecule has 166 valence electrons. The number of nitrogens with one attached hydrogen (secondary N) is 1. The standard InChI is InChI=1S/C23H27BrN2O5/c1-6-26(7-2)23(28)18(25-22(27)15-8-11-17(24)12-9-15)14-16-10-13-19(29-3)21(31-5)20(16)30-4/h8-14H,6-7H2,1-5H3,(H,25,27). The molecule has 0 fully saturated rings. The van der Waals surface area contributed by atoms with Crippen molar-refractivity contribution in [2.45, 2.75) is 13.8 Å². The van der Waals surface area contributed by atoms with Crippen molar-refractivity contribution in [2.24, 2.45) is 0 Å². The van der Waals surface area contributed by atoms with Crippen molar-refractivity contribution >= 4 is 33.8 Å². The minimum absolute atomic E-state index is 0.127. The number of hydrogen-bond donors (Lipinski definition) is 1. The fourth-order valence-electron chi connectivity index (χ4n) is 3.02. The summed E-state index contributed by atoms with van der Waals surface area (Å²) in [5.74, 6) is 0.593. The smallest absolute Gasteiger partial charge is 0.270 e. The van der Waals surface area contributed by atoms with Gasteiger partial charge in [-0.15, -0.1) is 0 Å². The van der Waals surface area contributed by atoms with Crippen molar-refractivity contribution in [1.82, 2.24) is 10.2 Å². The van der Waals surface area contributed by atoms with E-state index in [1.165, 1.54) is 21.3 Å². The van der Waals surface area contributed by atoms with Gasteiger partial charge in [0.1, 0.15) is 5.70 Å². The van der Waals surface area contributed by atoms with Crippen LogP contribution >= 0.6 is 15.9 Å². The number of methoxy groups -OCH3 is 3. The molecule has 0 aliphatic rings. The molecule has 2 rings (SSSR count). The molecule has 0 bridgehead atoms. The van der Waals surface area contributed by atoms with Crippen LogP contribution in [0, 0.1) is 0 Å². The number of nitrogens with zero attached hydrogens (tertiary/aromatic N) is 1. The highest BCUT2D eigenvalue weighted by Gasteiger charge is 2.21. The summed E-state index contributed by atoms with van der Waals surface area (Å²) in [4.78, 5) is 27.6. The Morgan fingerprint density at radius 2 is 1.55 bits per heavy atom. The van der Waals surface area contributed by atoms with E-state index in [0.29, 0.717) is 41.5 Å². The van der Waals surface area contributed by atoms with Crippen LogP contribution in [0.5, 0.6) is 17.2 Å². The van der Waals surface area contributed by atoms with Gasteiger partial charge < -0.3 is 24.4 Å². The SMILES string of the molecule is CCN(CC)C(=O)C(=Cc1ccc(OC)c(OC)c1OC)NC(=O)c1ccc(Br)cc1. The van der Waals surface area contributed by atoms with Gasteiger partial charge in [-0.2, -0.15) is 0 Å². The minimum atomic E-state index is -0.390. The first-order valence-corrected chi connectivity index (χ1v) is 10.6. The summed E-state index contributed by atoms with van der Waals surface area (Å²) in [7, 11) is 4.53. The first-order chi connectivity index (χ1) is 14.9. The van der Waals surface area contributed by atoms with Crippen LogP contribution in [0.2, 0.25) is 0 Å². The van der Waals surface area contributed by atoms with E-state index in [2.05, 4.69) is 21.2 Å². The molecule has 0 spiro atoms. The van der Waals surface area contributed by atoms with Gasteiger partial charge in [0.05, 0.1) is 21.3 Å². The summed E-state index contributed by atoms with van der Waals surface area (Å²) in [5, 5.41) is 2.76. The van der Waals surface area contributed by atoms with Gasteiger partial charge in [0.2, 0.25) is 5.75 Å². The predicted octanol–water partition coefficient (Wildman–Crippen LogP) is 4.11. The van der Waals surface area contributed by atoms with Gasteiger partial charge >= 0.3 is 0 Å². The summed E-state index contributed by atoms with van der Waals surface area (Å²) in [6.45, 7) is 4.77. The molecular weight excluding hydrogens is 464 g/mol. The Bertz CT molecular complexity index is 953. The van der Waals surface area contributed by atoms with Crippen molar-refractivity contribution in [1.29, 1.82) is 0 Å². The van der Waals surface area contributed by atoms with Crippen molar-refractivity contribution in [2.75, 3.05) is 34.4 Å². The molecule has 0 aromatic heterocycles. The van der Waals surface area contributed by atoms with Gasteiger partial charge in [0.25, 0.3) is 11.8 Å². The van der Waals surface area contributed by atoms with Crippen LogP contribution in [-0.4, -0.2) is 51.1 Å². The molecule has 8 heteroatoms. The zero-order valence-electron chi connectivity index (χ0n) is 18.3. The largest absolute Gasteiger partial charge is 0.493 e. The average Bonchev–Trinajstić information content (AvgIpc) is 2.79. The second kappa shape index (κ2) is 11.4. The molecule has 0 radical (unpaired) electrons. The van der Waals surface area contributed by atoms with Crippen molar-refractivity contribution in [3.63, 3.8) is 0 Å². The third-order valence-electron chi connectivity index (χ3n) is 4.67. The first-order valence-electron chi connectivity index (χ1n) is 9.76. The maximum Gasteiger partial charge on any atom is 0.270 e. The molecule has 1 N–H and O–H groups in total. The highest BCUT2D eigenvalue weighted by atomic mass is 79.9. The molecule has 7 nitrogen and oxygen atoms in total. The van der Waals surface area contributed by atoms with Crippen molar-refractivity contribution in [3.05, 3.63) is 57.7 Å². The van der Waals surface area contributed by atoms with Gasteiger partial charge in [-0.25, -0.2) is 0 Å². The Morgan fingerprint density at radius 3 is 2.06 bits per heavy atom. The topological polar surface area (TPSA) is 77.1 Å². The lowest BCUT2D eigenvalue weighted by Gasteiger charge is -2.21. The van der Waals surface area contributed by atoms with Crippen LogP contribution < -0.4 is 19.5 Å². The summed E-state index contributed by atoms with van der Waals surface area (Å²) in [6, 6.07) is 10.3. The third kappa shape index (κ3) is 5.79. The lowest BCUT2D eigenvalue weighted by molar-refractivity contribution is -0.127. The van der Waals surface area contributed by atoms with Crippen LogP contribution in [0.15, 0.2) is 46.6 Å². The van der Waals surface area contributed by atoms with E-state index in [-0.39, 0.29) is 11.6 Å². The normalized spacial score (nSPS) is 11.0. The Morgan fingerprint density at radius 1 is 0.935 bits per heavy atom. The average molecular weight is 491 g/mol. The van der Waals surface area contributed by atoms with Crippen LogP contribution in [0.25, 0.3) is 6.08 Å². The quantitative estimate of drug-likeness (QED) is 0.535. The zero-order valence-corrected chi connectivity index (χ0v) is 19.9. The molecule has 0 saturated carbocycles. The van der Waals surface area contributed by atoms with Crippen LogP contribution in [0.3, 0.4) is 0 Å². The van der Waals surface area contributed by atoms with Crippen molar-refractivity contribution in [3.8, 4) is 17.2 Å². The monoisotopic (exact) mass is 490 g/mol. The number of ether oxygens (including phenoxy) is 3. The summed E-state index contributed by atoms with van der Waals surface area (Å²) < 4.78 is 17.1. The zero-order chi connectivity index (χ0) is 23.0. The van der Waals surface area contributed by atoms with Crippen molar-refractivity contribution < 1.29 is 23.8 Å². The first kappa shape index (κ1) is 24.3. The second-order valence-electron chi connectivity index (χ2n) is 6.42. The number of rotatable bonds is 9. The molecule has 0 atom stereocenters. The van der Waals surface area contributed by atoms with E-state index in [0.717, 1.165) is 4.47 Å². The molecule has 31 heavy (non-hydrogen) atoms. The van der Waals surface area contributed by atoms with E-state index in [9.17, 15) is 9.59 Å². The number of hydrogen-bond acceptors (Lipinski definition) is 5. The maximum absolute atomic E-state index is 13.1. The Hall–Kier alpha value is -3.00. The van der Waals surface area contributed by atoms with Gasteiger partial charge in [-0.1, -0.05) is 15.9 Å². The van der Waals surface area contributed by atoms with Crippen LogP contribution in [-0.2, 0) is 4.79 Å². The molecule has 2 amide bonds. The fraction of sp³-hybridized carbons (Fsp3) is 0.304. The lowest BCUT2D eigenvalue weighted by atomic mass is 10.1. The van der Waals surface area contributed by atoms with E-state index < -0.39 is 5.91 Å². The summed E-state index contributed by atoms with van der Waals surface area (Å²) in [6.07, 6.45) is 1.58. The third-order valence-corrected chi connectivity index (χ3v) is 5.20. The van der Waals surface area contributed by atoms with Crippen LogP contribution in [0.4, 0.5) is 0 Å². The minimum Gasteiger partial charge on any atom is -0.493 e. The molecule has 0 aliphatic heterocycles. The molecule has 2 aromatic rings. The molecule has 0 heterocycles. The molecule has 0 unspecified atom stereocenters. The number of carbonyl (C=O) groups is 2. The van der Waals surface area contributed by atoms with Gasteiger partial charge in [-0.05, 0) is 56.3 Å². The fourth-order valence-corrected chi connectivity index (χ4v) is 3.29. The second-order valence-corrected chi connectivity index (χ2v) is 7.34. The van der Waals surface area contributed by atoms with Gasteiger partial charge in [-0.3, -0.25) is 9.59 Å². The lowest BCUT2D eigenvalue weighted by Crippen LogP contribution is -2.38. The molecule has 0 saturated heterocycles. The maximum atomic E-state index is 13.1. The number of likely N-dealkylation sites (N-methyl/N-ethyl adjacent to an activating group) is 1. The summed E-state index contributed by atoms with van der Waals surface area (Å²) in [5.41, 5.74) is 1.12. The van der Waals surface area contributed by atoms with Crippen LogP contribution in [0.1, 0.15) is 29.8 Å². The van der Waals surface area contributed by atoms with Gasteiger partial charge in [0, 0.05) is 28.7 Å². The summed E-state index contributed by atoms with van der Waals surface area (Å²) >= 11 is 3.35. The van der Waals surface area contributed by atoms with Gasteiger partial charge in [0.15, 0.2) is 11.5 Å². The number of benzene rings is 2. The molecule has 0 aliphatic carbocycles. The van der Waals surface area contributed by atoms with E-state index in [1.54, 1.807) is 47.4 Å². The van der Waals surface area contributed by atoms with E-state index in [1.807, 2.05) is 13.8 Å². The Labute approximate surface area is 191 Å². The number of halogens is 1. The highest BCUT2D eigenvalue weighted by Crippen LogP contribution is 2.40. The van der Waals surface area contributed by atoms with E-state index >= 15 is 0 Å². The predicted molar refractivity (Wildman–Crippen MR) is 124 cm³/mol. The Balaban J connectivity index is 2.54. The molecular formula is C23H27BrN2O5. The Kier molecular flexibility index (Phi) is 8.93. The number of carbonyl (C=O) groups excluding carboxylic acids is 2.